The lowest BCUT2D eigenvalue weighted by molar-refractivity contribution is -0.839. The second kappa shape index (κ2) is 2.49. The molecule has 1 rings (SSSR count). The van der Waals surface area contributed by atoms with Crippen molar-refractivity contribution in [1.29, 1.82) is 0 Å². The molecule has 0 aromatic rings. The molecule has 6 heteroatoms. The highest BCUT2D eigenvalue weighted by atomic mass is 16.5. The highest BCUT2D eigenvalue weighted by Crippen LogP contribution is 2.36. The molecule has 0 saturated heterocycles. The first-order chi connectivity index (χ1) is 4.96. The number of nitrogens with zero attached hydrogens (tertiary/aromatic N) is 2. The maximum atomic E-state index is 10.3. The summed E-state index contributed by atoms with van der Waals surface area (Å²) < 4.78 is 0. The van der Waals surface area contributed by atoms with E-state index in [0.29, 0.717) is 0 Å². The van der Waals surface area contributed by atoms with Crippen LogP contribution in [0.1, 0.15) is 6.92 Å². The minimum absolute atomic E-state index is 0.375. The molecule has 0 bridgehead atoms. The lowest BCUT2D eigenvalue weighted by Gasteiger charge is -2.03. The van der Waals surface area contributed by atoms with Gasteiger partial charge in [-0.25, -0.2) is 5.17 Å². The second-order valence-corrected chi connectivity index (χ2v) is 2.99. The van der Waals surface area contributed by atoms with Gasteiger partial charge >= 0.3 is 0 Å². The van der Waals surface area contributed by atoms with Crippen molar-refractivity contribution in [2.75, 3.05) is 7.05 Å². The molecule has 1 saturated carbocycles. The van der Waals surface area contributed by atoms with Crippen LogP contribution in [0.25, 0.3) is 0 Å². The van der Waals surface area contributed by atoms with Gasteiger partial charge in [0.1, 0.15) is 12.1 Å². The van der Waals surface area contributed by atoms with Gasteiger partial charge in [-0.2, -0.15) is 0 Å². The number of quaternary nitrogens is 1. The number of hydrogen-bond acceptors (Lipinski definition) is 5. The van der Waals surface area contributed by atoms with Crippen LogP contribution in [-0.4, -0.2) is 29.8 Å². The Morgan fingerprint density at radius 3 is 2.45 bits per heavy atom. The molecule has 4 atom stereocenters. The Balaban J connectivity index is 2.43. The Bertz CT molecular complexity index is 179. The Hall–Kier alpha value is -0.560. The number of nitrogens with one attached hydrogen (secondary N) is 1. The van der Waals surface area contributed by atoms with Crippen LogP contribution in [0.5, 0.6) is 0 Å². The summed E-state index contributed by atoms with van der Waals surface area (Å²) in [7, 11) is 1.30. The van der Waals surface area contributed by atoms with Crippen molar-refractivity contribution in [3.8, 4) is 0 Å². The monoisotopic (exact) mass is 160 g/mol. The van der Waals surface area contributed by atoms with Gasteiger partial charge in [0.05, 0.1) is 12.6 Å². The van der Waals surface area contributed by atoms with Crippen LogP contribution < -0.4 is 10.9 Å². The van der Waals surface area contributed by atoms with Crippen LogP contribution in [0.2, 0.25) is 0 Å². The highest BCUT2D eigenvalue weighted by Gasteiger charge is 2.60. The van der Waals surface area contributed by atoms with E-state index in [1.165, 1.54) is 7.05 Å². The average molecular weight is 160 g/mol. The van der Waals surface area contributed by atoms with Gasteiger partial charge in [0, 0.05) is 5.22 Å². The smallest absolute Gasteiger partial charge is 0.124 e. The number of aliphatic hydroxyl groups excluding tert-OH is 1. The fraction of sp³-hybridized carbons (Fsp3) is 1.00. The van der Waals surface area contributed by atoms with E-state index in [1.807, 2.05) is 0 Å². The molecular formula is C5H12N4O2. The molecule has 1 aliphatic carbocycles. The SMILES string of the molecule is C[NH+]([O-])N=NC1C(O)C1(C)N. The van der Waals surface area contributed by atoms with Crippen molar-refractivity contribution >= 4 is 0 Å². The van der Waals surface area contributed by atoms with Crippen molar-refractivity contribution in [2.45, 2.75) is 24.6 Å². The Morgan fingerprint density at radius 2 is 2.18 bits per heavy atom. The van der Waals surface area contributed by atoms with Crippen molar-refractivity contribution in [1.82, 2.24) is 0 Å². The van der Waals surface area contributed by atoms with E-state index in [4.69, 9.17) is 10.8 Å². The molecular weight excluding hydrogens is 148 g/mol. The van der Waals surface area contributed by atoms with Crippen LogP contribution in [0.4, 0.5) is 0 Å². The van der Waals surface area contributed by atoms with Crippen LogP contribution in [0.3, 0.4) is 0 Å². The van der Waals surface area contributed by atoms with Gasteiger partial charge in [-0.05, 0) is 6.92 Å². The van der Waals surface area contributed by atoms with E-state index < -0.39 is 17.7 Å². The van der Waals surface area contributed by atoms with Gasteiger partial charge in [-0.3, -0.25) is 0 Å². The Kier molecular flexibility index (Phi) is 1.93. The summed E-state index contributed by atoms with van der Waals surface area (Å²) in [6, 6.07) is -0.411. The first-order valence-corrected chi connectivity index (χ1v) is 3.34. The fourth-order valence-electron chi connectivity index (χ4n) is 0.817. The highest BCUT2D eigenvalue weighted by molar-refractivity contribution is 5.19. The van der Waals surface area contributed by atoms with E-state index in [2.05, 4.69) is 10.3 Å². The summed E-state index contributed by atoms with van der Waals surface area (Å²) in [5.41, 5.74) is 4.83. The third-order valence-electron chi connectivity index (χ3n) is 1.79. The van der Waals surface area contributed by atoms with E-state index >= 15 is 0 Å². The normalized spacial score (nSPS) is 46.3. The molecule has 1 aliphatic rings. The number of hydrogen-bond donors (Lipinski definition) is 3. The van der Waals surface area contributed by atoms with Crippen LogP contribution in [-0.2, 0) is 0 Å². The maximum Gasteiger partial charge on any atom is 0.124 e. The third kappa shape index (κ3) is 1.54. The van der Waals surface area contributed by atoms with Gasteiger partial charge in [-0.15, -0.1) is 5.11 Å². The molecule has 0 spiro atoms. The topological polar surface area (TPSA) is 98.5 Å². The van der Waals surface area contributed by atoms with E-state index in [1.54, 1.807) is 6.92 Å². The second-order valence-electron chi connectivity index (χ2n) is 2.99. The molecule has 1 fully saturated rings. The number of hydroxylamine groups is 1. The first kappa shape index (κ1) is 8.54. The summed E-state index contributed by atoms with van der Waals surface area (Å²) in [4.78, 5) is 0. The molecule has 0 aromatic heterocycles. The van der Waals surface area contributed by atoms with Gasteiger partial charge in [0.25, 0.3) is 0 Å². The lowest BCUT2D eigenvalue weighted by Crippen LogP contribution is -2.98. The molecule has 0 aromatic carbocycles. The van der Waals surface area contributed by atoms with Crippen LogP contribution >= 0.6 is 0 Å². The molecule has 0 amide bonds. The molecule has 4 unspecified atom stereocenters. The summed E-state index contributed by atoms with van der Waals surface area (Å²) in [6.07, 6.45) is -0.661. The maximum absolute atomic E-state index is 10.3. The molecule has 11 heavy (non-hydrogen) atoms. The van der Waals surface area contributed by atoms with Gasteiger partial charge in [0.15, 0.2) is 0 Å². The quantitative estimate of drug-likeness (QED) is 0.316. The number of aliphatic hydroxyl groups is 1. The summed E-state index contributed by atoms with van der Waals surface area (Å²) in [5, 5.41) is 25.9. The fourth-order valence-corrected chi connectivity index (χ4v) is 0.817. The Morgan fingerprint density at radius 1 is 1.73 bits per heavy atom. The van der Waals surface area contributed by atoms with Crippen molar-refractivity contribution in [3.63, 3.8) is 0 Å². The summed E-state index contributed by atoms with van der Waals surface area (Å²) in [6.45, 7) is 1.67. The summed E-state index contributed by atoms with van der Waals surface area (Å²) in [5.74, 6) is 0. The molecule has 64 valence electrons. The summed E-state index contributed by atoms with van der Waals surface area (Å²) >= 11 is 0. The standard InChI is InChI=1S/C5H12N4O2/c1-5(6)3(4(5)10)7-8-9(2)11/h3-4,9-10H,6H2,1-2H3. The van der Waals surface area contributed by atoms with Gasteiger partial charge in [-0.1, -0.05) is 0 Å². The van der Waals surface area contributed by atoms with Crippen LogP contribution in [0.15, 0.2) is 10.3 Å². The van der Waals surface area contributed by atoms with E-state index in [9.17, 15) is 5.21 Å². The van der Waals surface area contributed by atoms with Crippen LogP contribution in [0, 0.1) is 5.21 Å². The molecule has 4 N–H and O–H groups in total. The molecule has 0 heterocycles. The minimum atomic E-state index is -0.695. The molecule has 6 nitrogen and oxygen atoms in total. The molecule has 0 radical (unpaired) electrons. The Labute approximate surface area is 64.3 Å². The predicted octanol–water partition coefficient (Wildman–Crippen LogP) is -2.17. The average Bonchev–Trinajstić information content (AvgIpc) is 2.30. The van der Waals surface area contributed by atoms with E-state index in [0.717, 1.165) is 0 Å². The zero-order chi connectivity index (χ0) is 8.65. The van der Waals surface area contributed by atoms with Gasteiger partial charge < -0.3 is 16.0 Å². The minimum Gasteiger partial charge on any atom is -0.605 e. The van der Waals surface area contributed by atoms with E-state index in [-0.39, 0.29) is 5.17 Å². The first-order valence-electron chi connectivity index (χ1n) is 3.34. The van der Waals surface area contributed by atoms with Crippen molar-refractivity contribution < 1.29 is 10.3 Å². The zero-order valence-corrected chi connectivity index (χ0v) is 6.48. The number of rotatable bonds is 2. The zero-order valence-electron chi connectivity index (χ0n) is 6.48. The lowest BCUT2D eigenvalue weighted by atomic mass is 10.3. The predicted molar refractivity (Wildman–Crippen MR) is 37.5 cm³/mol. The molecule has 0 aliphatic heterocycles. The third-order valence-corrected chi connectivity index (χ3v) is 1.79. The largest absolute Gasteiger partial charge is 0.605 e. The van der Waals surface area contributed by atoms with Gasteiger partial charge in [0.2, 0.25) is 0 Å². The van der Waals surface area contributed by atoms with Crippen molar-refractivity contribution in [2.24, 2.45) is 16.1 Å². The number of nitrogens with two attached hydrogens (primary N) is 1. The van der Waals surface area contributed by atoms with Crippen molar-refractivity contribution in [3.05, 3.63) is 5.21 Å².